The van der Waals surface area contributed by atoms with Crippen molar-refractivity contribution in [3.05, 3.63) is 57.0 Å². The number of hydrogen-bond donors (Lipinski definition) is 0. The van der Waals surface area contributed by atoms with Crippen LogP contribution in [0.4, 0.5) is 13.8 Å². The van der Waals surface area contributed by atoms with Gasteiger partial charge in [0.2, 0.25) is 10.0 Å². The normalized spacial score (nSPS) is 15.7. The van der Waals surface area contributed by atoms with Crippen LogP contribution in [-0.4, -0.2) is 54.6 Å². The molecule has 0 unspecified atom stereocenters. The quantitative estimate of drug-likeness (QED) is 0.560. The number of benzene rings is 1. The van der Waals surface area contributed by atoms with E-state index in [0.717, 1.165) is 27.8 Å². The third-order valence-electron chi connectivity index (χ3n) is 4.07. The molecule has 27 heavy (non-hydrogen) atoms. The molecule has 12 heteroatoms. The lowest BCUT2D eigenvalue weighted by molar-refractivity contribution is -0.380. The van der Waals surface area contributed by atoms with Crippen LogP contribution >= 0.6 is 11.3 Å². The summed E-state index contributed by atoms with van der Waals surface area (Å²) in [7, 11) is -4.02. The molecule has 0 radical (unpaired) electrons. The number of carbonyl (C=O) groups excluding carboxylic acids is 1. The van der Waals surface area contributed by atoms with Gasteiger partial charge < -0.3 is 4.90 Å². The number of hydrogen-bond acceptors (Lipinski definition) is 6. The minimum Gasteiger partial charge on any atom is -0.336 e. The van der Waals surface area contributed by atoms with Crippen LogP contribution in [0, 0.1) is 21.7 Å². The molecule has 2 aromatic rings. The first-order chi connectivity index (χ1) is 12.7. The standard InChI is InChI=1S/C15H13F2N3O5S2/c16-12-2-1-11(8-13(12)17)27(24,25)19-5-3-18(4-6-19)15(21)10-7-14(20(22)23)26-9-10/h1-2,7-9H,3-6H2. The Hall–Kier alpha value is -2.44. The fraction of sp³-hybridized carbons (Fsp3) is 0.267. The molecule has 3 rings (SSSR count). The van der Waals surface area contributed by atoms with E-state index in [2.05, 4.69) is 0 Å². The molecule has 1 saturated heterocycles. The number of thiophene rings is 1. The highest BCUT2D eigenvalue weighted by Gasteiger charge is 2.31. The molecule has 0 aliphatic carbocycles. The highest BCUT2D eigenvalue weighted by atomic mass is 32.2. The Morgan fingerprint density at radius 1 is 1.11 bits per heavy atom. The molecule has 8 nitrogen and oxygen atoms in total. The molecular formula is C15H13F2N3O5S2. The van der Waals surface area contributed by atoms with Crippen molar-refractivity contribution in [2.75, 3.05) is 26.2 Å². The Balaban J connectivity index is 1.69. The van der Waals surface area contributed by atoms with Gasteiger partial charge in [0.25, 0.3) is 5.91 Å². The highest BCUT2D eigenvalue weighted by molar-refractivity contribution is 7.89. The molecular weight excluding hydrogens is 404 g/mol. The summed E-state index contributed by atoms with van der Waals surface area (Å²) in [5.74, 6) is -2.83. The number of piperazine rings is 1. The number of amides is 1. The minimum atomic E-state index is -4.02. The Labute approximate surface area is 156 Å². The fourth-order valence-corrected chi connectivity index (χ4v) is 4.77. The molecule has 0 bridgehead atoms. The van der Waals surface area contributed by atoms with Gasteiger partial charge in [0.05, 0.1) is 15.4 Å². The minimum absolute atomic E-state index is 0.0285. The topological polar surface area (TPSA) is 101 Å². The van der Waals surface area contributed by atoms with Crippen molar-refractivity contribution in [3.8, 4) is 0 Å². The highest BCUT2D eigenvalue weighted by Crippen LogP contribution is 2.25. The van der Waals surface area contributed by atoms with E-state index < -0.39 is 32.5 Å². The predicted octanol–water partition coefficient (Wildman–Crippen LogP) is 2.08. The zero-order valence-electron chi connectivity index (χ0n) is 13.7. The number of halogens is 2. The summed E-state index contributed by atoms with van der Waals surface area (Å²) < 4.78 is 52.5. The first-order valence-electron chi connectivity index (χ1n) is 7.67. The Morgan fingerprint density at radius 2 is 1.78 bits per heavy atom. The number of carbonyl (C=O) groups is 1. The second-order valence-corrected chi connectivity index (χ2v) is 8.53. The van der Waals surface area contributed by atoms with Gasteiger partial charge in [-0.2, -0.15) is 4.31 Å². The summed E-state index contributed by atoms with van der Waals surface area (Å²) >= 11 is 0.836. The van der Waals surface area contributed by atoms with Crippen LogP contribution in [0.3, 0.4) is 0 Å². The van der Waals surface area contributed by atoms with E-state index in [1.54, 1.807) is 0 Å². The van der Waals surface area contributed by atoms with E-state index >= 15 is 0 Å². The molecule has 1 amide bonds. The third-order valence-corrected chi connectivity index (χ3v) is 6.84. The molecule has 1 aromatic heterocycles. The fourth-order valence-electron chi connectivity index (χ4n) is 2.63. The van der Waals surface area contributed by atoms with Crippen LogP contribution in [0.25, 0.3) is 0 Å². The number of nitrogens with zero attached hydrogens (tertiary/aromatic N) is 3. The van der Waals surface area contributed by atoms with Gasteiger partial charge in [0.1, 0.15) is 0 Å². The maximum atomic E-state index is 13.3. The maximum Gasteiger partial charge on any atom is 0.324 e. The van der Waals surface area contributed by atoms with E-state index in [1.165, 1.54) is 16.3 Å². The number of nitro groups is 1. The van der Waals surface area contributed by atoms with Crippen LogP contribution in [0.1, 0.15) is 10.4 Å². The molecule has 0 N–H and O–H groups in total. The van der Waals surface area contributed by atoms with Crippen molar-refractivity contribution in [1.82, 2.24) is 9.21 Å². The van der Waals surface area contributed by atoms with Gasteiger partial charge in [0, 0.05) is 37.6 Å². The lowest BCUT2D eigenvalue weighted by atomic mass is 10.2. The van der Waals surface area contributed by atoms with Crippen molar-refractivity contribution in [3.63, 3.8) is 0 Å². The zero-order chi connectivity index (χ0) is 19.8. The van der Waals surface area contributed by atoms with E-state index in [0.29, 0.717) is 6.07 Å². The van der Waals surface area contributed by atoms with Gasteiger partial charge in [-0.05, 0) is 18.2 Å². The molecule has 0 saturated carbocycles. The molecule has 144 valence electrons. The average molecular weight is 417 g/mol. The zero-order valence-corrected chi connectivity index (χ0v) is 15.3. The monoisotopic (exact) mass is 417 g/mol. The van der Waals surface area contributed by atoms with Gasteiger partial charge in [0.15, 0.2) is 11.6 Å². The van der Waals surface area contributed by atoms with Crippen LogP contribution in [-0.2, 0) is 10.0 Å². The van der Waals surface area contributed by atoms with E-state index in [1.807, 2.05) is 0 Å². The molecule has 1 aromatic carbocycles. The summed E-state index contributed by atoms with van der Waals surface area (Å²) in [6.45, 7) is 0.0926. The second-order valence-electron chi connectivity index (χ2n) is 5.70. The van der Waals surface area contributed by atoms with E-state index in [4.69, 9.17) is 0 Å². The lowest BCUT2D eigenvalue weighted by Crippen LogP contribution is -2.50. The summed E-state index contributed by atoms with van der Waals surface area (Å²) in [6, 6.07) is 3.52. The van der Waals surface area contributed by atoms with Crippen LogP contribution in [0.15, 0.2) is 34.5 Å². The molecule has 2 heterocycles. The molecule has 0 atom stereocenters. The summed E-state index contributed by atoms with van der Waals surface area (Å²) in [4.78, 5) is 23.5. The van der Waals surface area contributed by atoms with Crippen molar-refractivity contribution < 1.29 is 26.9 Å². The second kappa shape index (κ2) is 7.29. The molecule has 1 aliphatic heterocycles. The molecule has 0 spiro atoms. The van der Waals surface area contributed by atoms with Gasteiger partial charge >= 0.3 is 5.00 Å². The third kappa shape index (κ3) is 3.82. The molecule has 1 fully saturated rings. The summed E-state index contributed by atoms with van der Waals surface area (Å²) in [5.41, 5.74) is 0.170. The van der Waals surface area contributed by atoms with Gasteiger partial charge in [-0.3, -0.25) is 14.9 Å². The Kier molecular flexibility index (Phi) is 5.22. The predicted molar refractivity (Wildman–Crippen MR) is 92.0 cm³/mol. The lowest BCUT2D eigenvalue weighted by Gasteiger charge is -2.33. The number of rotatable bonds is 4. The maximum absolute atomic E-state index is 13.3. The average Bonchev–Trinajstić information content (AvgIpc) is 3.14. The van der Waals surface area contributed by atoms with E-state index in [-0.39, 0.29) is 41.6 Å². The van der Waals surface area contributed by atoms with Gasteiger partial charge in [-0.15, -0.1) is 0 Å². The van der Waals surface area contributed by atoms with Gasteiger partial charge in [-0.1, -0.05) is 11.3 Å². The first-order valence-corrected chi connectivity index (χ1v) is 9.99. The van der Waals surface area contributed by atoms with E-state index in [9.17, 15) is 32.1 Å². The smallest absolute Gasteiger partial charge is 0.324 e. The Morgan fingerprint density at radius 3 is 2.33 bits per heavy atom. The van der Waals surface area contributed by atoms with Crippen molar-refractivity contribution >= 4 is 32.3 Å². The van der Waals surface area contributed by atoms with Crippen LogP contribution < -0.4 is 0 Å². The first kappa shape index (κ1) is 19.3. The van der Waals surface area contributed by atoms with Crippen molar-refractivity contribution in [1.29, 1.82) is 0 Å². The Bertz CT molecular complexity index is 1000. The summed E-state index contributed by atoms with van der Waals surface area (Å²) in [5, 5.41) is 11.9. The number of sulfonamides is 1. The van der Waals surface area contributed by atoms with Crippen LogP contribution in [0.2, 0.25) is 0 Å². The summed E-state index contributed by atoms with van der Waals surface area (Å²) in [6.07, 6.45) is 0. The van der Waals surface area contributed by atoms with Gasteiger partial charge in [-0.25, -0.2) is 17.2 Å². The largest absolute Gasteiger partial charge is 0.336 e. The van der Waals surface area contributed by atoms with Crippen molar-refractivity contribution in [2.24, 2.45) is 0 Å². The van der Waals surface area contributed by atoms with Crippen molar-refractivity contribution in [2.45, 2.75) is 4.90 Å². The molecule has 1 aliphatic rings. The van der Waals surface area contributed by atoms with Crippen LogP contribution in [0.5, 0.6) is 0 Å². The SMILES string of the molecule is O=C(c1csc([N+](=O)[O-])c1)N1CCN(S(=O)(=O)c2ccc(F)c(F)c2)CC1.